The van der Waals surface area contributed by atoms with Gasteiger partial charge in [-0.3, -0.25) is 9.59 Å². The summed E-state index contributed by atoms with van der Waals surface area (Å²) in [4.78, 5) is 20.6. The van der Waals surface area contributed by atoms with Crippen LogP contribution in [0, 0.1) is 5.92 Å². The fourth-order valence-electron chi connectivity index (χ4n) is 1.60. The summed E-state index contributed by atoms with van der Waals surface area (Å²) in [5.41, 5.74) is 0. The van der Waals surface area contributed by atoms with Crippen molar-refractivity contribution < 1.29 is 14.7 Å². The molecule has 1 saturated carbocycles. The zero-order valence-corrected chi connectivity index (χ0v) is 6.82. The molecule has 0 bridgehead atoms. The number of aliphatic carboxylic acids is 1. The minimum atomic E-state index is -0.709. The molecule has 1 amide bonds. The first-order chi connectivity index (χ1) is 5.74. The van der Waals surface area contributed by atoms with E-state index in [1.807, 2.05) is 0 Å². The number of nitrogens with one attached hydrogen (secondary N) is 1. The first-order valence-corrected chi connectivity index (χ1v) is 4.16. The molecule has 0 aromatic rings. The molecule has 0 unspecified atom stereocenters. The van der Waals surface area contributed by atoms with Gasteiger partial charge in [-0.1, -0.05) is 0 Å². The third-order valence-electron chi connectivity index (χ3n) is 2.38. The Morgan fingerprint density at radius 3 is 2.33 bits per heavy atom. The maximum Gasteiger partial charge on any atom is 0.306 e. The Morgan fingerprint density at radius 1 is 1.33 bits per heavy atom. The molecule has 1 aliphatic carbocycles. The quantitative estimate of drug-likeness (QED) is 0.603. The van der Waals surface area contributed by atoms with Crippen LogP contribution >= 0.6 is 0 Å². The summed E-state index contributed by atoms with van der Waals surface area (Å²) in [6, 6.07) is 0.193. The average Bonchev–Trinajstić information content (AvgIpc) is 2.06. The monoisotopic (exact) mass is 171 g/mol. The Kier molecular flexibility index (Phi) is 3.08. The molecule has 0 aliphatic heterocycles. The zero-order chi connectivity index (χ0) is 8.97. The molecule has 0 aromatic carbocycles. The average molecular weight is 171 g/mol. The Morgan fingerprint density at radius 2 is 1.92 bits per heavy atom. The predicted octanol–water partition coefficient (Wildman–Crippen LogP) is 0.376. The van der Waals surface area contributed by atoms with Gasteiger partial charge in [0.2, 0.25) is 6.41 Å². The molecule has 4 heteroatoms. The number of carbonyl (C=O) groups excluding carboxylic acids is 1. The molecule has 0 atom stereocenters. The van der Waals surface area contributed by atoms with Gasteiger partial charge in [0, 0.05) is 6.04 Å². The molecule has 1 aliphatic rings. The number of carbonyl (C=O) groups is 2. The van der Waals surface area contributed by atoms with E-state index in [2.05, 4.69) is 5.32 Å². The van der Waals surface area contributed by atoms with Crippen molar-refractivity contribution in [2.75, 3.05) is 0 Å². The summed E-state index contributed by atoms with van der Waals surface area (Å²) in [6.45, 7) is 0. The summed E-state index contributed by atoms with van der Waals surface area (Å²) in [7, 11) is 0. The van der Waals surface area contributed by atoms with Gasteiger partial charge in [-0.25, -0.2) is 0 Å². The molecule has 0 spiro atoms. The highest BCUT2D eigenvalue weighted by Gasteiger charge is 2.25. The van der Waals surface area contributed by atoms with E-state index >= 15 is 0 Å². The normalized spacial score (nSPS) is 29.3. The smallest absolute Gasteiger partial charge is 0.306 e. The van der Waals surface area contributed by atoms with Gasteiger partial charge in [-0.05, 0) is 25.7 Å². The molecule has 12 heavy (non-hydrogen) atoms. The Bertz CT molecular complexity index is 173. The Balaban J connectivity index is 2.29. The van der Waals surface area contributed by atoms with Crippen LogP contribution in [0.5, 0.6) is 0 Å². The first-order valence-electron chi connectivity index (χ1n) is 4.16. The van der Waals surface area contributed by atoms with Gasteiger partial charge >= 0.3 is 5.97 Å². The van der Waals surface area contributed by atoms with E-state index < -0.39 is 5.97 Å². The maximum absolute atomic E-state index is 10.5. The van der Waals surface area contributed by atoms with E-state index in [0.29, 0.717) is 19.3 Å². The lowest BCUT2D eigenvalue weighted by molar-refractivity contribution is -0.142. The fourth-order valence-corrected chi connectivity index (χ4v) is 1.60. The van der Waals surface area contributed by atoms with Gasteiger partial charge in [0.05, 0.1) is 5.92 Å². The summed E-state index contributed by atoms with van der Waals surface area (Å²) in [5, 5.41) is 11.3. The molecular weight excluding hydrogens is 158 g/mol. The van der Waals surface area contributed by atoms with Crippen molar-refractivity contribution >= 4 is 12.4 Å². The summed E-state index contributed by atoms with van der Waals surface area (Å²) < 4.78 is 0. The van der Waals surface area contributed by atoms with Crippen molar-refractivity contribution in [1.82, 2.24) is 5.32 Å². The van der Waals surface area contributed by atoms with E-state index in [9.17, 15) is 9.59 Å². The first kappa shape index (κ1) is 9.03. The molecule has 4 nitrogen and oxygen atoms in total. The van der Waals surface area contributed by atoms with Crippen molar-refractivity contribution in [3.05, 3.63) is 0 Å². The molecule has 0 heterocycles. The third-order valence-corrected chi connectivity index (χ3v) is 2.38. The van der Waals surface area contributed by atoms with Gasteiger partial charge < -0.3 is 10.4 Å². The standard InChI is InChI=1S/C8H13NO3/c10-5-9-7-3-1-6(2-4-7)8(11)12/h5-7H,1-4H2,(H,9,10)(H,11,12)/t6-,7-. The second kappa shape index (κ2) is 4.09. The van der Waals surface area contributed by atoms with E-state index in [1.54, 1.807) is 0 Å². The SMILES string of the molecule is O=CN[C@H]1CC[C@H](C(=O)O)CC1. The van der Waals surface area contributed by atoms with Gasteiger partial charge in [-0.15, -0.1) is 0 Å². The molecule has 1 rings (SSSR count). The Hall–Kier alpha value is -1.06. The van der Waals surface area contributed by atoms with Crippen molar-refractivity contribution in [2.24, 2.45) is 5.92 Å². The summed E-state index contributed by atoms with van der Waals surface area (Å²) in [6.07, 6.45) is 3.62. The molecule has 0 radical (unpaired) electrons. The second-order valence-corrected chi connectivity index (χ2v) is 3.17. The fraction of sp³-hybridized carbons (Fsp3) is 0.750. The van der Waals surface area contributed by atoms with Gasteiger partial charge in [0.1, 0.15) is 0 Å². The molecule has 1 fully saturated rings. The lowest BCUT2D eigenvalue weighted by Crippen LogP contribution is -2.33. The van der Waals surface area contributed by atoms with E-state index in [1.165, 1.54) is 0 Å². The second-order valence-electron chi connectivity index (χ2n) is 3.17. The molecular formula is C8H13NO3. The third kappa shape index (κ3) is 2.22. The molecule has 0 aromatic heterocycles. The minimum absolute atomic E-state index is 0.193. The van der Waals surface area contributed by atoms with Crippen molar-refractivity contribution in [2.45, 2.75) is 31.7 Å². The van der Waals surface area contributed by atoms with Crippen LogP contribution in [0.2, 0.25) is 0 Å². The van der Waals surface area contributed by atoms with Crippen LogP contribution in [0.4, 0.5) is 0 Å². The number of carboxylic acids is 1. The van der Waals surface area contributed by atoms with E-state index in [0.717, 1.165) is 12.8 Å². The predicted molar refractivity (Wildman–Crippen MR) is 42.6 cm³/mol. The number of hydrogen-bond donors (Lipinski definition) is 2. The number of rotatable bonds is 3. The van der Waals surface area contributed by atoms with Crippen LogP contribution in [0.25, 0.3) is 0 Å². The Labute approximate surface area is 71.0 Å². The lowest BCUT2D eigenvalue weighted by atomic mass is 9.86. The van der Waals surface area contributed by atoms with Gasteiger partial charge in [0.15, 0.2) is 0 Å². The highest BCUT2D eigenvalue weighted by molar-refractivity contribution is 5.70. The van der Waals surface area contributed by atoms with Crippen LogP contribution in [0.1, 0.15) is 25.7 Å². The zero-order valence-electron chi connectivity index (χ0n) is 6.82. The minimum Gasteiger partial charge on any atom is -0.481 e. The summed E-state index contributed by atoms with van der Waals surface area (Å²) >= 11 is 0. The number of carboxylic acid groups (broad SMARTS) is 1. The molecule has 0 saturated heterocycles. The van der Waals surface area contributed by atoms with Crippen molar-refractivity contribution in [3.63, 3.8) is 0 Å². The van der Waals surface area contributed by atoms with E-state index in [-0.39, 0.29) is 12.0 Å². The van der Waals surface area contributed by atoms with Crippen LogP contribution in [0.3, 0.4) is 0 Å². The van der Waals surface area contributed by atoms with Crippen molar-refractivity contribution in [3.8, 4) is 0 Å². The lowest BCUT2D eigenvalue weighted by Gasteiger charge is -2.25. The van der Waals surface area contributed by atoms with Crippen LogP contribution in [-0.4, -0.2) is 23.5 Å². The van der Waals surface area contributed by atoms with Crippen molar-refractivity contribution in [1.29, 1.82) is 0 Å². The van der Waals surface area contributed by atoms with Gasteiger partial charge in [0.25, 0.3) is 0 Å². The van der Waals surface area contributed by atoms with Gasteiger partial charge in [-0.2, -0.15) is 0 Å². The maximum atomic E-state index is 10.5. The molecule has 68 valence electrons. The van der Waals surface area contributed by atoms with Crippen LogP contribution < -0.4 is 5.32 Å². The van der Waals surface area contributed by atoms with Crippen LogP contribution in [-0.2, 0) is 9.59 Å². The topological polar surface area (TPSA) is 66.4 Å². The number of hydrogen-bond acceptors (Lipinski definition) is 2. The highest BCUT2D eigenvalue weighted by Crippen LogP contribution is 2.23. The van der Waals surface area contributed by atoms with E-state index in [4.69, 9.17) is 5.11 Å². The highest BCUT2D eigenvalue weighted by atomic mass is 16.4. The molecule has 2 N–H and O–H groups in total. The van der Waals surface area contributed by atoms with Crippen LogP contribution in [0.15, 0.2) is 0 Å². The number of amides is 1. The summed E-state index contributed by atoms with van der Waals surface area (Å²) in [5.74, 6) is -0.908. The largest absolute Gasteiger partial charge is 0.481 e.